The zero-order valence-electron chi connectivity index (χ0n) is 14.4. The van der Waals surface area contributed by atoms with Crippen LogP contribution in [0.15, 0.2) is 58.8 Å². The molecule has 1 heterocycles. The lowest BCUT2D eigenvalue weighted by atomic mass is 10.1. The maximum absolute atomic E-state index is 12.3. The van der Waals surface area contributed by atoms with Gasteiger partial charge in [-0.2, -0.15) is 0 Å². The molecular formula is C19H18N2O3S2. The maximum atomic E-state index is 12.3. The van der Waals surface area contributed by atoms with Crippen LogP contribution in [0.5, 0.6) is 0 Å². The van der Waals surface area contributed by atoms with E-state index < -0.39 is 9.84 Å². The molecule has 0 unspecified atom stereocenters. The number of para-hydroxylation sites is 1. The van der Waals surface area contributed by atoms with Crippen LogP contribution in [0.25, 0.3) is 10.6 Å². The summed E-state index contributed by atoms with van der Waals surface area (Å²) < 4.78 is 23.6. The normalized spacial score (nSPS) is 11.3. The third-order valence-corrected chi connectivity index (χ3v) is 5.81. The number of sulfone groups is 1. The van der Waals surface area contributed by atoms with Gasteiger partial charge in [-0.15, -0.1) is 11.3 Å². The van der Waals surface area contributed by atoms with E-state index in [9.17, 15) is 13.2 Å². The molecule has 134 valence electrons. The van der Waals surface area contributed by atoms with Crippen molar-refractivity contribution in [1.82, 2.24) is 4.98 Å². The fourth-order valence-corrected chi connectivity index (χ4v) is 4.21. The van der Waals surface area contributed by atoms with Crippen LogP contribution in [0.3, 0.4) is 0 Å². The lowest BCUT2D eigenvalue weighted by Crippen LogP contribution is -2.16. The highest BCUT2D eigenvalue weighted by atomic mass is 32.2. The van der Waals surface area contributed by atoms with Crippen LogP contribution in [0.1, 0.15) is 11.3 Å². The highest BCUT2D eigenvalue weighted by molar-refractivity contribution is 7.90. The number of hydrogen-bond acceptors (Lipinski definition) is 5. The Morgan fingerprint density at radius 1 is 1.15 bits per heavy atom. The number of anilines is 1. The molecule has 1 N–H and O–H groups in total. The smallest absolute Gasteiger partial charge is 0.230 e. The summed E-state index contributed by atoms with van der Waals surface area (Å²) >= 11 is 1.48. The number of nitrogens with zero attached hydrogens (tertiary/aromatic N) is 1. The third-order valence-electron chi connectivity index (χ3n) is 3.72. The summed E-state index contributed by atoms with van der Waals surface area (Å²) in [4.78, 5) is 16.9. The van der Waals surface area contributed by atoms with Gasteiger partial charge in [-0.25, -0.2) is 13.4 Å². The van der Waals surface area contributed by atoms with Gasteiger partial charge in [0.2, 0.25) is 5.91 Å². The number of rotatable bonds is 5. The first-order valence-corrected chi connectivity index (χ1v) is 10.7. The Hall–Kier alpha value is -2.51. The van der Waals surface area contributed by atoms with Crippen molar-refractivity contribution in [3.05, 3.63) is 65.2 Å². The monoisotopic (exact) mass is 386 g/mol. The number of carbonyl (C=O) groups excluding carboxylic acids is 1. The predicted octanol–water partition coefficient (Wildman–Crippen LogP) is 3.70. The van der Waals surface area contributed by atoms with E-state index >= 15 is 0 Å². The van der Waals surface area contributed by atoms with E-state index in [-0.39, 0.29) is 22.9 Å². The van der Waals surface area contributed by atoms with Crippen LogP contribution in [-0.2, 0) is 21.1 Å². The summed E-state index contributed by atoms with van der Waals surface area (Å²) in [5.41, 5.74) is 3.11. The molecule has 1 aromatic heterocycles. The number of aryl methyl sites for hydroxylation is 1. The van der Waals surface area contributed by atoms with Gasteiger partial charge in [0.15, 0.2) is 9.84 Å². The van der Waals surface area contributed by atoms with Crippen LogP contribution in [0.4, 0.5) is 5.69 Å². The van der Waals surface area contributed by atoms with E-state index in [2.05, 4.69) is 10.3 Å². The largest absolute Gasteiger partial charge is 0.325 e. The van der Waals surface area contributed by atoms with E-state index in [1.807, 2.05) is 36.6 Å². The number of nitrogens with one attached hydrogen (secondary N) is 1. The average molecular weight is 386 g/mol. The molecule has 5 nitrogen and oxygen atoms in total. The summed E-state index contributed by atoms with van der Waals surface area (Å²) in [5, 5.41) is 5.37. The molecule has 0 radical (unpaired) electrons. The maximum Gasteiger partial charge on any atom is 0.230 e. The summed E-state index contributed by atoms with van der Waals surface area (Å²) in [6.45, 7) is 2.02. The topological polar surface area (TPSA) is 76.1 Å². The van der Waals surface area contributed by atoms with Crippen LogP contribution in [0.2, 0.25) is 0 Å². The first-order valence-electron chi connectivity index (χ1n) is 7.93. The Morgan fingerprint density at radius 2 is 1.92 bits per heavy atom. The lowest BCUT2D eigenvalue weighted by Gasteiger charge is -2.09. The van der Waals surface area contributed by atoms with Gasteiger partial charge in [0.05, 0.1) is 22.7 Å². The second-order valence-corrected chi connectivity index (χ2v) is 8.85. The zero-order chi connectivity index (χ0) is 18.7. The molecule has 3 rings (SSSR count). The van der Waals surface area contributed by atoms with Crippen molar-refractivity contribution in [3.63, 3.8) is 0 Å². The van der Waals surface area contributed by atoms with Crippen molar-refractivity contribution in [2.45, 2.75) is 18.2 Å². The van der Waals surface area contributed by atoms with Gasteiger partial charge < -0.3 is 5.32 Å². The van der Waals surface area contributed by atoms with Crippen LogP contribution >= 0.6 is 11.3 Å². The van der Waals surface area contributed by atoms with Gasteiger partial charge in [-0.3, -0.25) is 4.79 Å². The molecule has 0 fully saturated rings. The Balaban J connectivity index is 1.74. The summed E-state index contributed by atoms with van der Waals surface area (Å²) in [6, 6.07) is 14.4. The van der Waals surface area contributed by atoms with E-state index in [1.54, 1.807) is 18.2 Å². The van der Waals surface area contributed by atoms with Gasteiger partial charge in [0.25, 0.3) is 0 Å². The molecule has 0 aliphatic rings. The minimum Gasteiger partial charge on any atom is -0.325 e. The van der Waals surface area contributed by atoms with Crippen LogP contribution in [0, 0.1) is 6.92 Å². The van der Waals surface area contributed by atoms with Crippen molar-refractivity contribution in [1.29, 1.82) is 0 Å². The molecule has 0 bridgehead atoms. The third kappa shape index (κ3) is 4.36. The summed E-state index contributed by atoms with van der Waals surface area (Å²) in [7, 11) is -3.42. The molecule has 3 aromatic rings. The standard InChI is InChI=1S/C19H18N2O3S2/c1-13-6-5-7-14(10-13)19-20-15(12-25-19)11-18(22)21-16-8-3-4-9-17(16)26(2,23)24/h3-10,12H,11H2,1-2H3,(H,21,22). The molecular weight excluding hydrogens is 368 g/mol. The highest BCUT2D eigenvalue weighted by Gasteiger charge is 2.15. The summed E-state index contributed by atoms with van der Waals surface area (Å²) in [6.07, 6.45) is 1.20. The molecule has 7 heteroatoms. The minimum atomic E-state index is -3.42. The second kappa shape index (κ2) is 7.39. The van der Waals surface area contributed by atoms with Crippen molar-refractivity contribution in [2.24, 2.45) is 0 Å². The van der Waals surface area contributed by atoms with E-state index in [1.165, 1.54) is 17.4 Å². The molecule has 0 aliphatic heterocycles. The van der Waals surface area contributed by atoms with Gasteiger partial charge in [0, 0.05) is 17.2 Å². The van der Waals surface area contributed by atoms with Gasteiger partial charge in [-0.1, -0.05) is 35.9 Å². The molecule has 1 amide bonds. The predicted molar refractivity (Wildman–Crippen MR) is 104 cm³/mol. The van der Waals surface area contributed by atoms with Crippen molar-refractivity contribution in [3.8, 4) is 10.6 Å². The van der Waals surface area contributed by atoms with E-state index in [4.69, 9.17) is 0 Å². The van der Waals surface area contributed by atoms with Crippen LogP contribution < -0.4 is 5.32 Å². The van der Waals surface area contributed by atoms with Crippen molar-refractivity contribution in [2.75, 3.05) is 11.6 Å². The number of thiazole rings is 1. The summed E-state index contributed by atoms with van der Waals surface area (Å²) in [5.74, 6) is -0.304. The molecule has 0 aliphatic carbocycles. The molecule has 0 atom stereocenters. The fourth-order valence-electron chi connectivity index (χ4n) is 2.55. The van der Waals surface area contributed by atoms with Crippen molar-refractivity contribution < 1.29 is 13.2 Å². The molecule has 26 heavy (non-hydrogen) atoms. The van der Waals surface area contributed by atoms with E-state index in [0.29, 0.717) is 5.69 Å². The van der Waals surface area contributed by atoms with Gasteiger partial charge >= 0.3 is 0 Å². The highest BCUT2D eigenvalue weighted by Crippen LogP contribution is 2.25. The molecule has 0 saturated carbocycles. The number of hydrogen-bond donors (Lipinski definition) is 1. The number of amides is 1. The number of carbonyl (C=O) groups is 1. The Labute approximate surface area is 156 Å². The van der Waals surface area contributed by atoms with Crippen LogP contribution in [-0.4, -0.2) is 25.6 Å². The van der Waals surface area contributed by atoms with Gasteiger partial charge in [0.1, 0.15) is 5.01 Å². The molecule has 0 spiro atoms. The number of benzene rings is 2. The molecule has 0 saturated heterocycles. The Bertz CT molecular complexity index is 1060. The Morgan fingerprint density at radius 3 is 2.65 bits per heavy atom. The number of aromatic nitrogens is 1. The van der Waals surface area contributed by atoms with Gasteiger partial charge in [-0.05, 0) is 25.1 Å². The second-order valence-electron chi connectivity index (χ2n) is 6.01. The molecule has 2 aromatic carbocycles. The first-order chi connectivity index (χ1) is 12.3. The quantitative estimate of drug-likeness (QED) is 0.725. The van der Waals surface area contributed by atoms with E-state index in [0.717, 1.165) is 22.4 Å². The SMILES string of the molecule is Cc1cccc(-c2nc(CC(=O)Nc3ccccc3S(C)(=O)=O)cs2)c1. The van der Waals surface area contributed by atoms with Crippen molar-refractivity contribution >= 4 is 32.8 Å². The zero-order valence-corrected chi connectivity index (χ0v) is 16.0. The lowest BCUT2D eigenvalue weighted by molar-refractivity contribution is -0.115. The minimum absolute atomic E-state index is 0.0837. The fraction of sp³-hybridized carbons (Fsp3) is 0.158. The first kappa shape index (κ1) is 18.3. The average Bonchev–Trinajstić information content (AvgIpc) is 3.02. The Kier molecular flexibility index (Phi) is 5.20.